The fourth-order valence-electron chi connectivity index (χ4n) is 2.36. The number of hydrogen-bond donors (Lipinski definition) is 0. The summed E-state index contributed by atoms with van der Waals surface area (Å²) in [5, 5.41) is 0.900. The van der Waals surface area contributed by atoms with Crippen molar-refractivity contribution >= 4 is 32.8 Å². The molecule has 0 unspecified atom stereocenters. The number of hydrogen-bond acceptors (Lipinski definition) is 3. The Morgan fingerprint density at radius 3 is 2.67 bits per heavy atom. The highest BCUT2D eigenvalue weighted by molar-refractivity contribution is 9.10. The number of nitrogens with zero attached hydrogens (tertiary/aromatic N) is 1. The summed E-state index contributed by atoms with van der Waals surface area (Å²) in [4.78, 5) is 14.1. The number of amides is 1. The lowest BCUT2D eigenvalue weighted by molar-refractivity contribution is 0.0745. The predicted molar refractivity (Wildman–Crippen MR) is 97.5 cm³/mol. The monoisotopic (exact) mass is 387 g/mol. The van der Waals surface area contributed by atoms with Crippen LogP contribution in [-0.4, -0.2) is 31.0 Å². The average molecular weight is 388 g/mol. The molecule has 1 aromatic heterocycles. The minimum absolute atomic E-state index is 0.161. The van der Waals surface area contributed by atoms with Gasteiger partial charge < -0.3 is 14.1 Å². The Hall–Kier alpha value is -2.27. The van der Waals surface area contributed by atoms with Crippen LogP contribution in [0, 0.1) is 6.92 Å². The minimum Gasteiger partial charge on any atom is -0.492 e. The molecule has 3 aromatic rings. The van der Waals surface area contributed by atoms with Crippen molar-refractivity contribution in [1.29, 1.82) is 0 Å². The Morgan fingerprint density at radius 2 is 1.96 bits per heavy atom. The van der Waals surface area contributed by atoms with Crippen molar-refractivity contribution in [3.63, 3.8) is 0 Å². The van der Waals surface area contributed by atoms with E-state index < -0.39 is 0 Å². The molecule has 0 atom stereocenters. The molecule has 24 heavy (non-hydrogen) atoms. The van der Waals surface area contributed by atoms with E-state index in [1.807, 2.05) is 49.4 Å². The number of fused-ring (bicyclic) bond motifs is 1. The zero-order valence-electron chi connectivity index (χ0n) is 13.6. The number of carbonyl (C=O) groups is 1. The first-order valence-corrected chi connectivity index (χ1v) is 8.47. The van der Waals surface area contributed by atoms with E-state index in [-0.39, 0.29) is 5.91 Å². The molecule has 0 N–H and O–H groups in total. The molecule has 0 aliphatic rings. The number of aryl methyl sites for hydroxylation is 1. The highest BCUT2D eigenvalue weighted by Crippen LogP contribution is 2.27. The van der Waals surface area contributed by atoms with Crippen molar-refractivity contribution in [2.24, 2.45) is 0 Å². The van der Waals surface area contributed by atoms with Crippen molar-refractivity contribution in [3.8, 4) is 5.75 Å². The molecule has 0 radical (unpaired) electrons. The normalized spacial score (nSPS) is 10.8. The third-order valence-electron chi connectivity index (χ3n) is 3.77. The van der Waals surface area contributed by atoms with Crippen molar-refractivity contribution in [3.05, 3.63) is 64.3 Å². The molecular weight excluding hydrogens is 370 g/mol. The lowest BCUT2D eigenvalue weighted by Gasteiger charge is -2.16. The minimum atomic E-state index is -0.161. The van der Waals surface area contributed by atoms with Crippen LogP contribution in [-0.2, 0) is 0 Å². The lowest BCUT2D eigenvalue weighted by atomic mass is 10.2. The number of carbonyl (C=O) groups excluding carboxylic acids is 1. The molecule has 0 aliphatic heterocycles. The van der Waals surface area contributed by atoms with E-state index in [4.69, 9.17) is 9.15 Å². The van der Waals surface area contributed by atoms with Crippen molar-refractivity contribution in [2.75, 3.05) is 20.2 Å². The first-order valence-electron chi connectivity index (χ1n) is 7.67. The van der Waals surface area contributed by atoms with E-state index in [2.05, 4.69) is 15.9 Å². The Morgan fingerprint density at radius 1 is 1.21 bits per heavy atom. The fourth-order valence-corrected chi connectivity index (χ4v) is 2.82. The zero-order chi connectivity index (χ0) is 17.1. The van der Waals surface area contributed by atoms with Crippen LogP contribution in [0.3, 0.4) is 0 Å². The second-order valence-electron chi connectivity index (χ2n) is 5.66. The molecule has 0 saturated heterocycles. The predicted octanol–water partition coefficient (Wildman–Crippen LogP) is 4.65. The van der Waals surface area contributed by atoms with Gasteiger partial charge in [-0.2, -0.15) is 0 Å². The van der Waals surface area contributed by atoms with Gasteiger partial charge in [0.15, 0.2) is 5.76 Å². The molecule has 0 saturated carbocycles. The topological polar surface area (TPSA) is 42.7 Å². The van der Waals surface area contributed by atoms with Crippen LogP contribution in [0.15, 0.2) is 57.4 Å². The summed E-state index contributed by atoms with van der Waals surface area (Å²) in [7, 11) is 1.74. The summed E-state index contributed by atoms with van der Waals surface area (Å²) in [6, 6.07) is 15.3. The highest BCUT2D eigenvalue weighted by atomic mass is 79.9. The molecule has 3 rings (SSSR count). The number of halogens is 1. The van der Waals surface area contributed by atoms with Gasteiger partial charge in [-0.1, -0.05) is 29.8 Å². The maximum Gasteiger partial charge on any atom is 0.289 e. The fraction of sp³-hybridized carbons (Fsp3) is 0.211. The van der Waals surface area contributed by atoms with Gasteiger partial charge in [0.25, 0.3) is 5.91 Å². The van der Waals surface area contributed by atoms with Crippen molar-refractivity contribution < 1.29 is 13.9 Å². The van der Waals surface area contributed by atoms with Gasteiger partial charge in [0.2, 0.25) is 0 Å². The molecule has 0 aliphatic carbocycles. The Bertz CT molecular complexity index is 855. The summed E-state index contributed by atoms with van der Waals surface area (Å²) in [6.07, 6.45) is 0. The van der Waals surface area contributed by atoms with Gasteiger partial charge in [-0.25, -0.2) is 0 Å². The van der Waals surface area contributed by atoms with E-state index >= 15 is 0 Å². The first kappa shape index (κ1) is 16.6. The van der Waals surface area contributed by atoms with E-state index in [1.54, 1.807) is 18.0 Å². The number of para-hydroxylation sites is 1. The molecular formula is C19H18BrNO3. The van der Waals surface area contributed by atoms with Crippen molar-refractivity contribution in [2.45, 2.75) is 6.92 Å². The lowest BCUT2D eigenvalue weighted by Crippen LogP contribution is -2.30. The van der Waals surface area contributed by atoms with Crippen LogP contribution in [0.5, 0.6) is 5.75 Å². The van der Waals surface area contributed by atoms with E-state index in [9.17, 15) is 4.79 Å². The van der Waals surface area contributed by atoms with Gasteiger partial charge in [-0.15, -0.1) is 0 Å². The molecule has 5 heteroatoms. The van der Waals surface area contributed by atoms with Gasteiger partial charge in [-0.3, -0.25) is 4.79 Å². The molecule has 1 heterocycles. The molecule has 1 amide bonds. The Kier molecular flexibility index (Phi) is 4.90. The standard InChI is InChI=1S/C19H18BrNO3/c1-13-6-8-15(9-7-13)23-11-10-21(2)19(22)17-12-14-4-3-5-16(20)18(14)24-17/h3-9,12H,10-11H2,1-2H3. The van der Waals surface area contributed by atoms with Gasteiger partial charge >= 0.3 is 0 Å². The van der Waals surface area contributed by atoms with Crippen molar-refractivity contribution in [1.82, 2.24) is 4.90 Å². The summed E-state index contributed by atoms with van der Waals surface area (Å²) in [5.41, 5.74) is 1.87. The Balaban J connectivity index is 1.61. The van der Waals surface area contributed by atoms with Crippen LogP contribution < -0.4 is 4.74 Å². The van der Waals surface area contributed by atoms with Crippen LogP contribution in [0.25, 0.3) is 11.0 Å². The summed E-state index contributed by atoms with van der Waals surface area (Å²) < 4.78 is 12.2. The third kappa shape index (κ3) is 3.62. The smallest absolute Gasteiger partial charge is 0.289 e. The largest absolute Gasteiger partial charge is 0.492 e. The summed E-state index contributed by atoms with van der Waals surface area (Å²) in [6.45, 7) is 2.93. The quantitative estimate of drug-likeness (QED) is 0.639. The van der Waals surface area contributed by atoms with Gasteiger partial charge in [0.1, 0.15) is 17.9 Å². The number of benzene rings is 2. The Labute approximate surface area is 149 Å². The molecule has 4 nitrogen and oxygen atoms in total. The average Bonchev–Trinajstić information content (AvgIpc) is 3.01. The van der Waals surface area contributed by atoms with Gasteiger partial charge in [0, 0.05) is 12.4 Å². The van der Waals surface area contributed by atoms with Crippen LogP contribution in [0.2, 0.25) is 0 Å². The molecule has 0 bridgehead atoms. The summed E-state index contributed by atoms with van der Waals surface area (Å²) >= 11 is 3.43. The third-order valence-corrected chi connectivity index (χ3v) is 4.39. The van der Waals surface area contributed by atoms with Crippen LogP contribution >= 0.6 is 15.9 Å². The molecule has 2 aromatic carbocycles. The molecule has 124 valence electrons. The maximum absolute atomic E-state index is 12.5. The van der Waals surface area contributed by atoms with E-state index in [0.717, 1.165) is 15.6 Å². The number of likely N-dealkylation sites (N-methyl/N-ethyl adjacent to an activating group) is 1. The van der Waals surface area contributed by atoms with Gasteiger partial charge in [-0.05, 0) is 47.1 Å². The second-order valence-corrected chi connectivity index (χ2v) is 6.51. The SMILES string of the molecule is Cc1ccc(OCCN(C)C(=O)c2cc3cccc(Br)c3o2)cc1. The second kappa shape index (κ2) is 7.09. The van der Waals surface area contributed by atoms with Crippen LogP contribution in [0.1, 0.15) is 16.1 Å². The molecule has 0 spiro atoms. The maximum atomic E-state index is 12.5. The van der Waals surface area contributed by atoms with E-state index in [0.29, 0.717) is 24.5 Å². The zero-order valence-corrected chi connectivity index (χ0v) is 15.2. The summed E-state index contributed by atoms with van der Waals surface area (Å²) in [5.74, 6) is 0.967. The highest BCUT2D eigenvalue weighted by Gasteiger charge is 2.17. The number of ether oxygens (including phenoxy) is 1. The first-order chi connectivity index (χ1) is 11.5. The number of rotatable bonds is 5. The van der Waals surface area contributed by atoms with Crippen LogP contribution in [0.4, 0.5) is 0 Å². The van der Waals surface area contributed by atoms with E-state index in [1.165, 1.54) is 5.56 Å². The number of furan rings is 1. The van der Waals surface area contributed by atoms with Gasteiger partial charge in [0.05, 0.1) is 11.0 Å². The molecule has 0 fully saturated rings.